The molecule has 14 heavy (non-hydrogen) atoms. The molecule has 72 valence electrons. The number of rotatable bonds is 2. The lowest BCUT2D eigenvalue weighted by Gasteiger charge is -1.96. The molecule has 0 unspecified atom stereocenters. The molecule has 0 aliphatic rings. The molecule has 0 spiro atoms. The molecule has 5 heteroatoms. The molecule has 0 amide bonds. The molecule has 2 rings (SSSR count). The van der Waals surface area contributed by atoms with Crippen LogP contribution in [0.5, 0.6) is 0 Å². The molecule has 2 aromatic heterocycles. The largest absolute Gasteiger partial charge is 0.481 e. The monoisotopic (exact) mass is 192 g/mol. The summed E-state index contributed by atoms with van der Waals surface area (Å²) in [6.45, 7) is 0. The van der Waals surface area contributed by atoms with Crippen LogP contribution in [0.1, 0.15) is 5.69 Å². The summed E-state index contributed by atoms with van der Waals surface area (Å²) >= 11 is 0. The van der Waals surface area contributed by atoms with Crippen LogP contribution in [0, 0.1) is 0 Å². The van der Waals surface area contributed by atoms with E-state index in [-0.39, 0.29) is 11.8 Å². The maximum Gasteiger partial charge on any atom is 0.309 e. The molecular formula is C9H8N2O3. The first-order chi connectivity index (χ1) is 6.66. The third-order valence-electron chi connectivity index (χ3n) is 1.95. The molecule has 0 fully saturated rings. The smallest absolute Gasteiger partial charge is 0.309 e. The van der Waals surface area contributed by atoms with E-state index >= 15 is 0 Å². The zero-order valence-electron chi connectivity index (χ0n) is 7.23. The molecule has 0 aliphatic heterocycles. The number of aromatic amines is 1. The average Bonchev–Trinajstić information content (AvgIpc) is 2.47. The Morgan fingerprint density at radius 1 is 1.57 bits per heavy atom. The summed E-state index contributed by atoms with van der Waals surface area (Å²) in [6, 6.07) is 2.82. The van der Waals surface area contributed by atoms with E-state index in [2.05, 4.69) is 4.98 Å². The zero-order chi connectivity index (χ0) is 10.1. The SMILES string of the molecule is O=C(O)Cc1c[nH]c2cc(=O)ccn12. The lowest BCUT2D eigenvalue weighted by Crippen LogP contribution is -2.05. The predicted octanol–water partition coefficient (Wildman–Crippen LogP) is 0.255. The second-order valence-corrected chi connectivity index (χ2v) is 2.97. The van der Waals surface area contributed by atoms with Crippen LogP contribution in [0.4, 0.5) is 0 Å². The Morgan fingerprint density at radius 2 is 2.36 bits per heavy atom. The number of aliphatic carboxylic acids is 1. The minimum atomic E-state index is -0.899. The Labute approximate surface area is 78.6 Å². The van der Waals surface area contributed by atoms with Crippen LogP contribution >= 0.6 is 0 Å². The van der Waals surface area contributed by atoms with Crippen LogP contribution in [0.2, 0.25) is 0 Å². The highest BCUT2D eigenvalue weighted by atomic mass is 16.4. The maximum atomic E-state index is 11.0. The number of fused-ring (bicyclic) bond motifs is 1. The normalized spacial score (nSPS) is 10.6. The fraction of sp³-hybridized carbons (Fsp3) is 0.111. The van der Waals surface area contributed by atoms with Gasteiger partial charge in [-0.3, -0.25) is 9.59 Å². The van der Waals surface area contributed by atoms with Crippen molar-refractivity contribution < 1.29 is 9.90 Å². The first kappa shape index (κ1) is 8.55. The second-order valence-electron chi connectivity index (χ2n) is 2.97. The second kappa shape index (κ2) is 3.02. The van der Waals surface area contributed by atoms with Crippen molar-refractivity contribution in [1.29, 1.82) is 0 Å². The van der Waals surface area contributed by atoms with E-state index in [0.717, 1.165) is 0 Å². The molecule has 0 aliphatic carbocycles. The molecule has 2 heterocycles. The molecule has 5 nitrogen and oxygen atoms in total. The van der Waals surface area contributed by atoms with Crippen LogP contribution in [0.15, 0.2) is 29.3 Å². The molecule has 0 saturated carbocycles. The standard InChI is InChI=1S/C9H8N2O3/c12-7-1-2-11-6(3-9(13)14)5-10-8(11)4-7/h1-2,4-5,10H,3H2,(H,13,14). The number of nitrogens with zero attached hydrogens (tertiary/aromatic N) is 1. The third-order valence-corrected chi connectivity index (χ3v) is 1.95. The fourth-order valence-electron chi connectivity index (χ4n) is 1.36. The van der Waals surface area contributed by atoms with Gasteiger partial charge in [-0.2, -0.15) is 0 Å². The third kappa shape index (κ3) is 1.39. The van der Waals surface area contributed by atoms with Gasteiger partial charge in [0.2, 0.25) is 0 Å². The van der Waals surface area contributed by atoms with Gasteiger partial charge in [-0.25, -0.2) is 0 Å². The van der Waals surface area contributed by atoms with Gasteiger partial charge in [0, 0.05) is 24.5 Å². The van der Waals surface area contributed by atoms with Gasteiger partial charge in [-0.15, -0.1) is 0 Å². The zero-order valence-corrected chi connectivity index (χ0v) is 7.23. The number of H-pyrrole nitrogens is 1. The molecule has 2 N–H and O–H groups in total. The Morgan fingerprint density at radius 3 is 3.07 bits per heavy atom. The first-order valence-electron chi connectivity index (χ1n) is 4.07. The van der Waals surface area contributed by atoms with Crippen molar-refractivity contribution in [1.82, 2.24) is 9.38 Å². The van der Waals surface area contributed by atoms with Gasteiger partial charge in [-0.05, 0) is 0 Å². The van der Waals surface area contributed by atoms with Crippen molar-refractivity contribution in [2.75, 3.05) is 0 Å². The fourth-order valence-corrected chi connectivity index (χ4v) is 1.36. The van der Waals surface area contributed by atoms with Gasteiger partial charge in [0.05, 0.1) is 12.1 Å². The van der Waals surface area contributed by atoms with E-state index in [1.54, 1.807) is 16.8 Å². The highest BCUT2D eigenvalue weighted by molar-refractivity contribution is 5.70. The summed E-state index contributed by atoms with van der Waals surface area (Å²) in [5.41, 5.74) is 1.12. The van der Waals surface area contributed by atoms with Crippen LogP contribution in [0.3, 0.4) is 0 Å². The van der Waals surface area contributed by atoms with E-state index in [9.17, 15) is 9.59 Å². The molecular weight excluding hydrogens is 184 g/mol. The number of nitrogens with one attached hydrogen (secondary N) is 1. The molecule has 0 aromatic carbocycles. The number of pyridine rings is 1. The molecule has 0 radical (unpaired) electrons. The number of carboxylic acid groups (broad SMARTS) is 1. The van der Waals surface area contributed by atoms with Crippen molar-refractivity contribution in [2.45, 2.75) is 6.42 Å². The van der Waals surface area contributed by atoms with E-state index < -0.39 is 5.97 Å². The van der Waals surface area contributed by atoms with Gasteiger partial charge >= 0.3 is 5.97 Å². The quantitative estimate of drug-likeness (QED) is 0.716. The van der Waals surface area contributed by atoms with E-state index in [4.69, 9.17) is 5.11 Å². The Balaban J connectivity index is 2.58. The number of imidazole rings is 1. The summed E-state index contributed by atoms with van der Waals surface area (Å²) < 4.78 is 1.65. The summed E-state index contributed by atoms with van der Waals surface area (Å²) in [5.74, 6) is -0.899. The molecule has 0 bridgehead atoms. The van der Waals surface area contributed by atoms with Gasteiger partial charge in [0.25, 0.3) is 0 Å². The number of hydrogen-bond donors (Lipinski definition) is 2. The lowest BCUT2D eigenvalue weighted by molar-refractivity contribution is -0.136. The number of hydrogen-bond acceptors (Lipinski definition) is 2. The minimum absolute atomic E-state index is 0.0666. The number of carbonyl (C=O) groups is 1. The van der Waals surface area contributed by atoms with Crippen molar-refractivity contribution in [2.24, 2.45) is 0 Å². The van der Waals surface area contributed by atoms with Crippen molar-refractivity contribution in [3.05, 3.63) is 40.4 Å². The Bertz CT molecular complexity index is 538. The molecule has 0 saturated heterocycles. The van der Waals surface area contributed by atoms with Gasteiger partial charge in [-0.1, -0.05) is 0 Å². The van der Waals surface area contributed by atoms with Crippen LogP contribution in [-0.2, 0) is 11.2 Å². The van der Waals surface area contributed by atoms with Gasteiger partial charge < -0.3 is 14.5 Å². The van der Waals surface area contributed by atoms with E-state index in [1.807, 2.05) is 0 Å². The van der Waals surface area contributed by atoms with Crippen LogP contribution in [-0.4, -0.2) is 20.5 Å². The summed E-state index contributed by atoms with van der Waals surface area (Å²) in [7, 11) is 0. The number of carboxylic acids is 1. The Kier molecular flexibility index (Phi) is 1.85. The highest BCUT2D eigenvalue weighted by Crippen LogP contribution is 2.04. The summed E-state index contributed by atoms with van der Waals surface area (Å²) in [5, 5.41) is 8.61. The van der Waals surface area contributed by atoms with Crippen LogP contribution in [0.25, 0.3) is 5.65 Å². The van der Waals surface area contributed by atoms with Crippen molar-refractivity contribution in [3.8, 4) is 0 Å². The Hall–Kier alpha value is -2.04. The predicted molar refractivity (Wildman–Crippen MR) is 49.4 cm³/mol. The van der Waals surface area contributed by atoms with Crippen LogP contribution < -0.4 is 5.43 Å². The highest BCUT2D eigenvalue weighted by Gasteiger charge is 2.05. The minimum Gasteiger partial charge on any atom is -0.481 e. The van der Waals surface area contributed by atoms with Gasteiger partial charge in [0.1, 0.15) is 5.65 Å². The topological polar surface area (TPSA) is 74.6 Å². The first-order valence-corrected chi connectivity index (χ1v) is 4.07. The summed E-state index contributed by atoms with van der Waals surface area (Å²) in [4.78, 5) is 24.3. The van der Waals surface area contributed by atoms with Crippen molar-refractivity contribution >= 4 is 11.6 Å². The summed E-state index contributed by atoms with van der Waals surface area (Å²) in [6.07, 6.45) is 3.08. The average molecular weight is 192 g/mol. The van der Waals surface area contributed by atoms with Crippen molar-refractivity contribution in [3.63, 3.8) is 0 Å². The van der Waals surface area contributed by atoms with E-state index in [1.165, 1.54) is 12.1 Å². The van der Waals surface area contributed by atoms with Gasteiger partial charge in [0.15, 0.2) is 5.43 Å². The molecule has 0 atom stereocenters. The van der Waals surface area contributed by atoms with E-state index in [0.29, 0.717) is 11.3 Å². The lowest BCUT2D eigenvalue weighted by atomic mass is 10.3. The maximum absolute atomic E-state index is 11.0. The number of aromatic nitrogens is 2. The molecule has 2 aromatic rings.